The van der Waals surface area contributed by atoms with Crippen molar-refractivity contribution in [2.24, 2.45) is 7.05 Å². The topological polar surface area (TPSA) is 76.3 Å². The van der Waals surface area contributed by atoms with Gasteiger partial charge in [-0.25, -0.2) is 4.79 Å². The fourth-order valence-electron chi connectivity index (χ4n) is 3.85. The molecule has 0 aliphatic heterocycles. The lowest BCUT2D eigenvalue weighted by Crippen LogP contribution is -2.26. The van der Waals surface area contributed by atoms with Gasteiger partial charge in [-0.1, -0.05) is 36.4 Å². The van der Waals surface area contributed by atoms with Crippen molar-refractivity contribution in [3.8, 4) is 11.1 Å². The predicted octanol–water partition coefficient (Wildman–Crippen LogP) is 4.56. The van der Waals surface area contributed by atoms with Crippen LogP contribution in [0.15, 0.2) is 73.1 Å². The monoisotopic (exact) mass is 415 g/mol. The van der Waals surface area contributed by atoms with E-state index in [1.807, 2.05) is 43.6 Å². The standard InChI is InChI=1S/C25H25N3O3/c1-27-14-7-10-22(27)24(29)26-13-5-6-15-28-17-21(18-8-3-2-4-9-18)20-12-11-19(25(30)31)16-23(20)28/h2-4,7-12,14,16-17H,5-6,13,15H2,1H3,(H,26,29)(H,30,31). The van der Waals surface area contributed by atoms with Crippen molar-refractivity contribution in [1.82, 2.24) is 14.5 Å². The number of aryl methyl sites for hydroxylation is 2. The van der Waals surface area contributed by atoms with Gasteiger partial charge in [-0.15, -0.1) is 0 Å². The average molecular weight is 415 g/mol. The van der Waals surface area contributed by atoms with E-state index in [-0.39, 0.29) is 11.5 Å². The van der Waals surface area contributed by atoms with Crippen LogP contribution in [0.25, 0.3) is 22.0 Å². The average Bonchev–Trinajstić information content (AvgIpc) is 3.37. The van der Waals surface area contributed by atoms with E-state index in [1.165, 1.54) is 0 Å². The lowest BCUT2D eigenvalue weighted by Gasteiger charge is -2.08. The Labute approximate surface area is 180 Å². The normalized spacial score (nSPS) is 11.0. The largest absolute Gasteiger partial charge is 0.478 e. The van der Waals surface area contributed by atoms with E-state index in [0.717, 1.165) is 41.4 Å². The van der Waals surface area contributed by atoms with Crippen molar-refractivity contribution < 1.29 is 14.7 Å². The summed E-state index contributed by atoms with van der Waals surface area (Å²) in [5, 5.41) is 13.4. The SMILES string of the molecule is Cn1cccc1C(=O)NCCCCn1cc(-c2ccccc2)c2ccc(C(=O)O)cc21. The van der Waals surface area contributed by atoms with Gasteiger partial charge in [-0.2, -0.15) is 0 Å². The molecule has 31 heavy (non-hydrogen) atoms. The van der Waals surface area contributed by atoms with Crippen molar-refractivity contribution in [1.29, 1.82) is 0 Å². The molecule has 0 spiro atoms. The molecule has 4 aromatic rings. The highest BCUT2D eigenvalue weighted by Gasteiger charge is 2.13. The minimum atomic E-state index is -0.931. The second kappa shape index (κ2) is 8.92. The van der Waals surface area contributed by atoms with Gasteiger partial charge >= 0.3 is 5.97 Å². The van der Waals surface area contributed by atoms with Crippen LogP contribution in [-0.4, -0.2) is 32.7 Å². The van der Waals surface area contributed by atoms with Crippen molar-refractivity contribution in [3.05, 3.63) is 84.3 Å². The van der Waals surface area contributed by atoms with Crippen LogP contribution >= 0.6 is 0 Å². The first-order valence-corrected chi connectivity index (χ1v) is 10.4. The molecule has 6 nitrogen and oxygen atoms in total. The fourth-order valence-corrected chi connectivity index (χ4v) is 3.85. The molecule has 2 aromatic carbocycles. The second-order valence-electron chi connectivity index (χ2n) is 7.61. The first kappa shape index (κ1) is 20.5. The molecular formula is C25H25N3O3. The summed E-state index contributed by atoms with van der Waals surface area (Å²) >= 11 is 0. The Morgan fingerprint density at radius 3 is 2.52 bits per heavy atom. The van der Waals surface area contributed by atoms with E-state index in [2.05, 4.69) is 28.2 Å². The third-order valence-corrected chi connectivity index (χ3v) is 5.50. The van der Waals surface area contributed by atoms with Crippen molar-refractivity contribution in [3.63, 3.8) is 0 Å². The number of aromatic nitrogens is 2. The Kier molecular flexibility index (Phi) is 5.89. The van der Waals surface area contributed by atoms with Crippen molar-refractivity contribution in [2.45, 2.75) is 19.4 Å². The van der Waals surface area contributed by atoms with Crippen LogP contribution < -0.4 is 5.32 Å². The van der Waals surface area contributed by atoms with Gasteiger partial charge in [-0.3, -0.25) is 4.79 Å². The minimum absolute atomic E-state index is 0.0728. The van der Waals surface area contributed by atoms with Gasteiger partial charge in [0.25, 0.3) is 5.91 Å². The summed E-state index contributed by atoms with van der Waals surface area (Å²) in [5.41, 5.74) is 4.02. The van der Waals surface area contributed by atoms with Gasteiger partial charge in [0.15, 0.2) is 0 Å². The highest BCUT2D eigenvalue weighted by Crippen LogP contribution is 2.31. The van der Waals surface area contributed by atoms with Crippen LogP contribution in [0.4, 0.5) is 0 Å². The second-order valence-corrected chi connectivity index (χ2v) is 7.61. The van der Waals surface area contributed by atoms with Crippen LogP contribution in [0.5, 0.6) is 0 Å². The molecular weight excluding hydrogens is 390 g/mol. The quantitative estimate of drug-likeness (QED) is 0.414. The van der Waals surface area contributed by atoms with Gasteiger partial charge in [-0.05, 0) is 42.7 Å². The molecule has 4 rings (SSSR count). The summed E-state index contributed by atoms with van der Waals surface area (Å²) in [6, 6.07) is 19.0. The highest BCUT2D eigenvalue weighted by molar-refractivity contribution is 6.00. The summed E-state index contributed by atoms with van der Waals surface area (Å²) in [7, 11) is 1.85. The molecule has 2 N–H and O–H groups in total. The van der Waals surface area contributed by atoms with Crippen molar-refractivity contribution in [2.75, 3.05) is 6.54 Å². The molecule has 0 bridgehead atoms. The number of hydrogen-bond acceptors (Lipinski definition) is 2. The van der Waals surface area contributed by atoms with Crippen LogP contribution in [0.1, 0.15) is 33.7 Å². The molecule has 2 heterocycles. The number of carbonyl (C=O) groups excluding carboxylic acids is 1. The molecule has 0 aliphatic rings. The molecule has 0 unspecified atom stereocenters. The van der Waals surface area contributed by atoms with E-state index in [4.69, 9.17) is 0 Å². The first-order valence-electron chi connectivity index (χ1n) is 10.4. The molecule has 0 saturated carbocycles. The molecule has 6 heteroatoms. The van der Waals surface area contributed by atoms with Crippen LogP contribution in [0.3, 0.4) is 0 Å². The number of amides is 1. The Morgan fingerprint density at radius 1 is 1.00 bits per heavy atom. The zero-order valence-electron chi connectivity index (χ0n) is 17.4. The van der Waals surface area contributed by atoms with E-state index in [1.54, 1.807) is 22.8 Å². The maximum absolute atomic E-state index is 12.2. The summed E-state index contributed by atoms with van der Waals surface area (Å²) in [6.45, 7) is 1.33. The number of benzene rings is 2. The Hall–Kier alpha value is -3.80. The number of nitrogens with zero attached hydrogens (tertiary/aromatic N) is 2. The third kappa shape index (κ3) is 4.38. The number of hydrogen-bond donors (Lipinski definition) is 2. The number of fused-ring (bicyclic) bond motifs is 1. The Balaban J connectivity index is 1.47. The predicted molar refractivity (Wildman–Crippen MR) is 121 cm³/mol. The zero-order valence-corrected chi connectivity index (χ0v) is 17.4. The van der Waals surface area contributed by atoms with Crippen molar-refractivity contribution >= 4 is 22.8 Å². The number of aromatic carboxylic acids is 1. The summed E-state index contributed by atoms with van der Waals surface area (Å²) < 4.78 is 3.91. The van der Waals surface area contributed by atoms with E-state index < -0.39 is 5.97 Å². The first-order chi connectivity index (χ1) is 15.0. The van der Waals surface area contributed by atoms with Gasteiger partial charge in [0.1, 0.15) is 5.69 Å². The van der Waals surface area contributed by atoms with Gasteiger partial charge in [0.2, 0.25) is 0 Å². The van der Waals surface area contributed by atoms with Crippen LogP contribution in [-0.2, 0) is 13.6 Å². The molecule has 0 atom stereocenters. The minimum Gasteiger partial charge on any atom is -0.478 e. The number of unbranched alkanes of at least 4 members (excludes halogenated alkanes) is 1. The molecule has 1 amide bonds. The van der Waals surface area contributed by atoms with Crippen LogP contribution in [0.2, 0.25) is 0 Å². The zero-order chi connectivity index (χ0) is 21.8. The number of carboxylic acids is 1. The number of carboxylic acid groups (broad SMARTS) is 1. The maximum atomic E-state index is 12.2. The molecule has 0 aliphatic carbocycles. The molecule has 0 saturated heterocycles. The van der Waals surface area contributed by atoms with Gasteiger partial charge in [0, 0.05) is 49.0 Å². The van der Waals surface area contributed by atoms with Gasteiger partial charge in [0.05, 0.1) is 5.56 Å². The Morgan fingerprint density at radius 2 is 1.81 bits per heavy atom. The summed E-state index contributed by atoms with van der Waals surface area (Å²) in [6.07, 6.45) is 5.63. The number of nitrogens with one attached hydrogen (secondary N) is 1. The molecule has 0 radical (unpaired) electrons. The van der Waals surface area contributed by atoms with E-state index in [0.29, 0.717) is 12.2 Å². The lowest BCUT2D eigenvalue weighted by atomic mass is 10.0. The summed E-state index contributed by atoms with van der Waals surface area (Å²) in [5.74, 6) is -1.00. The third-order valence-electron chi connectivity index (χ3n) is 5.50. The lowest BCUT2D eigenvalue weighted by molar-refractivity contribution is 0.0696. The van der Waals surface area contributed by atoms with Gasteiger partial charge < -0.3 is 19.6 Å². The molecule has 0 fully saturated rings. The Bertz CT molecular complexity index is 1220. The number of rotatable bonds is 8. The molecule has 158 valence electrons. The van der Waals surface area contributed by atoms with E-state index >= 15 is 0 Å². The van der Waals surface area contributed by atoms with E-state index in [9.17, 15) is 14.7 Å². The number of carbonyl (C=O) groups is 2. The fraction of sp³-hybridized carbons (Fsp3) is 0.200. The summed E-state index contributed by atoms with van der Waals surface area (Å²) in [4.78, 5) is 23.7. The molecule has 2 aromatic heterocycles. The highest BCUT2D eigenvalue weighted by atomic mass is 16.4. The smallest absolute Gasteiger partial charge is 0.335 e. The maximum Gasteiger partial charge on any atom is 0.335 e. The van der Waals surface area contributed by atoms with Crippen LogP contribution in [0, 0.1) is 0 Å².